The molecule has 0 aliphatic rings. The van der Waals surface area contributed by atoms with Gasteiger partial charge in [-0.3, -0.25) is 4.79 Å². The number of rotatable bonds is 6. The molecule has 0 amide bonds. The average molecular weight is 302 g/mol. The number of carbonyl (C=O) groups is 1. The van der Waals surface area contributed by atoms with Crippen LogP contribution in [0.1, 0.15) is 42.6 Å². The summed E-state index contributed by atoms with van der Waals surface area (Å²) in [6, 6.07) is 5.74. The van der Waals surface area contributed by atoms with Crippen molar-refractivity contribution in [2.24, 2.45) is 0 Å². The van der Waals surface area contributed by atoms with Crippen LogP contribution in [0.2, 0.25) is 0 Å². The highest BCUT2D eigenvalue weighted by atomic mass is 16.5. The minimum Gasteiger partial charge on any atom is -0.462 e. The van der Waals surface area contributed by atoms with Gasteiger partial charge in [0.1, 0.15) is 5.56 Å². The number of para-hydroxylation sites is 1. The first-order valence-corrected chi connectivity index (χ1v) is 7.66. The van der Waals surface area contributed by atoms with Crippen LogP contribution in [-0.2, 0) is 4.74 Å². The zero-order valence-corrected chi connectivity index (χ0v) is 13.3. The Balaban J connectivity index is 2.65. The zero-order chi connectivity index (χ0) is 16.1. The predicted molar refractivity (Wildman–Crippen MR) is 88.7 cm³/mol. The third-order valence-corrected chi connectivity index (χ3v) is 3.57. The molecule has 0 aliphatic carbocycles. The Labute approximate surface area is 129 Å². The van der Waals surface area contributed by atoms with Crippen molar-refractivity contribution in [3.05, 3.63) is 39.7 Å². The van der Waals surface area contributed by atoms with Crippen molar-refractivity contribution in [2.45, 2.75) is 33.6 Å². The Kier molecular flexibility index (Phi) is 5.20. The summed E-state index contributed by atoms with van der Waals surface area (Å²) in [6.45, 7) is 6.68. The van der Waals surface area contributed by atoms with Gasteiger partial charge < -0.3 is 15.0 Å². The number of esters is 1. The van der Waals surface area contributed by atoms with Gasteiger partial charge in [0.25, 0.3) is 5.56 Å². The number of aryl methyl sites for hydroxylation is 1. The molecule has 0 saturated heterocycles. The highest BCUT2D eigenvalue weighted by Crippen LogP contribution is 2.26. The number of hydrogen-bond acceptors (Lipinski definition) is 4. The molecule has 0 radical (unpaired) electrons. The van der Waals surface area contributed by atoms with E-state index in [1.165, 1.54) is 0 Å². The van der Waals surface area contributed by atoms with E-state index in [1.807, 2.05) is 25.1 Å². The molecular weight excluding hydrogens is 280 g/mol. The Hall–Kier alpha value is -2.30. The van der Waals surface area contributed by atoms with Crippen molar-refractivity contribution in [3.63, 3.8) is 0 Å². The van der Waals surface area contributed by atoms with Crippen LogP contribution in [0.3, 0.4) is 0 Å². The minimum absolute atomic E-state index is 0.0519. The topological polar surface area (TPSA) is 71.2 Å². The molecule has 118 valence electrons. The third kappa shape index (κ3) is 3.13. The van der Waals surface area contributed by atoms with Gasteiger partial charge in [-0.15, -0.1) is 0 Å². The summed E-state index contributed by atoms with van der Waals surface area (Å²) in [5.41, 5.74) is 1.91. The van der Waals surface area contributed by atoms with Crippen LogP contribution < -0.4 is 10.9 Å². The van der Waals surface area contributed by atoms with E-state index in [-0.39, 0.29) is 12.2 Å². The second kappa shape index (κ2) is 7.11. The molecule has 0 aliphatic heterocycles. The maximum atomic E-state index is 12.4. The van der Waals surface area contributed by atoms with E-state index in [9.17, 15) is 9.59 Å². The monoisotopic (exact) mass is 302 g/mol. The molecule has 1 aromatic heterocycles. The standard InChI is InChI=1S/C17H22N2O3/c1-4-6-10-18-15-12-9-7-8-11(3)14(12)19-16(20)13(15)17(21)22-5-2/h7-9H,4-6,10H2,1-3H3,(H2,18,19,20). The van der Waals surface area contributed by atoms with Gasteiger partial charge >= 0.3 is 5.97 Å². The van der Waals surface area contributed by atoms with Crippen molar-refractivity contribution in [1.82, 2.24) is 4.98 Å². The number of H-pyrrole nitrogens is 1. The number of fused-ring (bicyclic) bond motifs is 1. The summed E-state index contributed by atoms with van der Waals surface area (Å²) < 4.78 is 5.04. The molecule has 5 heteroatoms. The molecule has 1 heterocycles. The minimum atomic E-state index is -0.592. The first-order valence-electron chi connectivity index (χ1n) is 7.66. The van der Waals surface area contributed by atoms with Crippen LogP contribution in [0.15, 0.2) is 23.0 Å². The normalized spacial score (nSPS) is 10.7. The largest absolute Gasteiger partial charge is 0.462 e. The fraction of sp³-hybridized carbons (Fsp3) is 0.412. The quantitative estimate of drug-likeness (QED) is 0.635. The van der Waals surface area contributed by atoms with E-state index in [2.05, 4.69) is 17.2 Å². The van der Waals surface area contributed by atoms with E-state index in [0.717, 1.165) is 29.3 Å². The molecule has 0 bridgehead atoms. The van der Waals surface area contributed by atoms with Crippen LogP contribution >= 0.6 is 0 Å². The Morgan fingerprint density at radius 3 is 2.77 bits per heavy atom. The van der Waals surface area contributed by atoms with Gasteiger partial charge in [0.15, 0.2) is 0 Å². The fourth-order valence-corrected chi connectivity index (χ4v) is 2.44. The van der Waals surface area contributed by atoms with Crippen molar-refractivity contribution < 1.29 is 9.53 Å². The molecule has 0 atom stereocenters. The molecule has 2 aromatic rings. The number of ether oxygens (including phenoxy) is 1. The molecule has 0 spiro atoms. The van der Waals surface area contributed by atoms with Gasteiger partial charge in [-0.1, -0.05) is 31.5 Å². The van der Waals surface area contributed by atoms with Crippen molar-refractivity contribution in [2.75, 3.05) is 18.5 Å². The van der Waals surface area contributed by atoms with Gasteiger partial charge in [-0.25, -0.2) is 4.79 Å². The molecule has 2 N–H and O–H groups in total. The van der Waals surface area contributed by atoms with Gasteiger partial charge in [0.2, 0.25) is 0 Å². The molecule has 1 aromatic carbocycles. The first kappa shape index (κ1) is 16.1. The lowest BCUT2D eigenvalue weighted by atomic mass is 10.1. The van der Waals surface area contributed by atoms with Crippen LogP contribution in [0.25, 0.3) is 10.9 Å². The summed E-state index contributed by atoms with van der Waals surface area (Å²) in [6.07, 6.45) is 1.99. The van der Waals surface area contributed by atoms with Crippen LogP contribution in [0.4, 0.5) is 5.69 Å². The summed E-state index contributed by atoms with van der Waals surface area (Å²) in [5.74, 6) is -0.592. The second-order valence-electron chi connectivity index (χ2n) is 5.20. The number of benzene rings is 1. The molecular formula is C17H22N2O3. The number of carbonyl (C=O) groups excluding carboxylic acids is 1. The SMILES string of the molecule is CCCCNc1c(C(=O)OCC)c(=O)[nH]c2c(C)cccc12. The Morgan fingerprint density at radius 2 is 2.09 bits per heavy atom. The maximum absolute atomic E-state index is 12.4. The number of unbranched alkanes of at least 4 members (excludes halogenated alkanes) is 1. The summed E-state index contributed by atoms with van der Waals surface area (Å²) in [7, 11) is 0. The third-order valence-electron chi connectivity index (χ3n) is 3.57. The first-order chi connectivity index (χ1) is 10.6. The molecule has 0 unspecified atom stereocenters. The highest BCUT2D eigenvalue weighted by Gasteiger charge is 2.20. The number of anilines is 1. The van der Waals surface area contributed by atoms with Crippen molar-refractivity contribution in [3.8, 4) is 0 Å². The molecule has 22 heavy (non-hydrogen) atoms. The second-order valence-corrected chi connectivity index (χ2v) is 5.20. The highest BCUT2D eigenvalue weighted by molar-refractivity contribution is 6.05. The average Bonchev–Trinajstić information content (AvgIpc) is 2.48. The van der Waals surface area contributed by atoms with Crippen LogP contribution in [0, 0.1) is 6.92 Å². The van der Waals surface area contributed by atoms with Crippen LogP contribution in [-0.4, -0.2) is 24.1 Å². The maximum Gasteiger partial charge on any atom is 0.345 e. The van der Waals surface area contributed by atoms with E-state index in [4.69, 9.17) is 4.74 Å². The Bertz CT molecular complexity index is 734. The van der Waals surface area contributed by atoms with E-state index >= 15 is 0 Å². The number of aromatic amines is 1. The van der Waals surface area contributed by atoms with E-state index in [0.29, 0.717) is 12.2 Å². The molecule has 0 saturated carbocycles. The van der Waals surface area contributed by atoms with Crippen LogP contribution in [0.5, 0.6) is 0 Å². The van der Waals surface area contributed by atoms with Gasteiger partial charge in [0, 0.05) is 11.9 Å². The Morgan fingerprint density at radius 1 is 1.32 bits per heavy atom. The molecule has 0 fully saturated rings. The smallest absolute Gasteiger partial charge is 0.345 e. The summed E-state index contributed by atoms with van der Waals surface area (Å²) in [5, 5.41) is 4.08. The number of pyridine rings is 1. The van der Waals surface area contributed by atoms with Gasteiger partial charge in [0.05, 0.1) is 17.8 Å². The van der Waals surface area contributed by atoms with E-state index in [1.54, 1.807) is 6.92 Å². The van der Waals surface area contributed by atoms with Gasteiger partial charge in [-0.2, -0.15) is 0 Å². The number of aromatic nitrogens is 1. The van der Waals surface area contributed by atoms with Gasteiger partial charge in [-0.05, 0) is 25.8 Å². The molecule has 5 nitrogen and oxygen atoms in total. The number of hydrogen-bond donors (Lipinski definition) is 2. The summed E-state index contributed by atoms with van der Waals surface area (Å²) >= 11 is 0. The lowest BCUT2D eigenvalue weighted by Crippen LogP contribution is -2.23. The van der Waals surface area contributed by atoms with Crippen molar-refractivity contribution >= 4 is 22.6 Å². The zero-order valence-electron chi connectivity index (χ0n) is 13.3. The summed E-state index contributed by atoms with van der Waals surface area (Å²) in [4.78, 5) is 27.3. The lowest BCUT2D eigenvalue weighted by Gasteiger charge is -2.14. The lowest BCUT2D eigenvalue weighted by molar-refractivity contribution is 0.0525. The molecule has 2 rings (SSSR count). The predicted octanol–water partition coefficient (Wildman–Crippen LogP) is 3.23. The van der Waals surface area contributed by atoms with E-state index < -0.39 is 11.5 Å². The number of nitrogens with one attached hydrogen (secondary N) is 2. The van der Waals surface area contributed by atoms with Crippen molar-refractivity contribution in [1.29, 1.82) is 0 Å². The fourth-order valence-electron chi connectivity index (χ4n) is 2.44.